The SMILES string of the molecule is Cc1cc(C(=O)O)cc(CC2CCNCC2)c1C. The van der Waals surface area contributed by atoms with Crippen LogP contribution in [0.1, 0.15) is 39.9 Å². The molecule has 0 saturated carbocycles. The maximum atomic E-state index is 11.1. The standard InChI is InChI=1S/C15H21NO2/c1-10-7-14(15(17)18)9-13(11(10)2)8-12-3-5-16-6-4-12/h7,9,12,16H,3-6,8H2,1-2H3,(H,17,18). The van der Waals surface area contributed by atoms with Gasteiger partial charge in [0.2, 0.25) is 0 Å². The first-order chi connectivity index (χ1) is 8.58. The fourth-order valence-electron chi connectivity index (χ4n) is 2.66. The Balaban J connectivity index is 2.22. The number of rotatable bonds is 3. The van der Waals surface area contributed by atoms with Crippen molar-refractivity contribution in [3.8, 4) is 0 Å². The van der Waals surface area contributed by atoms with E-state index >= 15 is 0 Å². The van der Waals surface area contributed by atoms with Crippen molar-refractivity contribution in [3.63, 3.8) is 0 Å². The average molecular weight is 247 g/mol. The summed E-state index contributed by atoms with van der Waals surface area (Å²) >= 11 is 0. The molecule has 1 aromatic carbocycles. The number of carboxylic acid groups (broad SMARTS) is 1. The highest BCUT2D eigenvalue weighted by molar-refractivity contribution is 5.88. The second kappa shape index (κ2) is 5.53. The number of benzene rings is 1. The zero-order valence-corrected chi connectivity index (χ0v) is 11.1. The zero-order valence-electron chi connectivity index (χ0n) is 11.1. The third-order valence-corrected chi connectivity index (χ3v) is 3.99. The van der Waals surface area contributed by atoms with Crippen LogP contribution in [-0.2, 0) is 6.42 Å². The van der Waals surface area contributed by atoms with Crippen molar-refractivity contribution in [1.82, 2.24) is 5.32 Å². The van der Waals surface area contributed by atoms with Crippen molar-refractivity contribution in [2.45, 2.75) is 33.1 Å². The molecule has 1 aliphatic rings. The number of hydrogen-bond donors (Lipinski definition) is 2. The molecule has 2 N–H and O–H groups in total. The Bertz CT molecular complexity index is 448. The molecule has 0 amide bonds. The van der Waals surface area contributed by atoms with Crippen LogP contribution in [0.15, 0.2) is 12.1 Å². The first-order valence-electron chi connectivity index (χ1n) is 6.62. The Morgan fingerprint density at radius 1 is 1.33 bits per heavy atom. The summed E-state index contributed by atoms with van der Waals surface area (Å²) in [6.45, 7) is 6.26. The molecule has 18 heavy (non-hydrogen) atoms. The first kappa shape index (κ1) is 13.1. The van der Waals surface area contributed by atoms with Gasteiger partial charge in [0.15, 0.2) is 0 Å². The second-order valence-electron chi connectivity index (χ2n) is 5.28. The monoisotopic (exact) mass is 247 g/mol. The molecule has 0 unspecified atom stereocenters. The minimum atomic E-state index is -0.829. The quantitative estimate of drug-likeness (QED) is 0.863. The summed E-state index contributed by atoms with van der Waals surface area (Å²) in [5.41, 5.74) is 3.96. The van der Waals surface area contributed by atoms with Gasteiger partial charge in [-0.1, -0.05) is 0 Å². The molecule has 1 heterocycles. The van der Waals surface area contributed by atoms with Crippen molar-refractivity contribution in [1.29, 1.82) is 0 Å². The fourth-order valence-corrected chi connectivity index (χ4v) is 2.66. The molecule has 0 radical (unpaired) electrons. The summed E-state index contributed by atoms with van der Waals surface area (Å²) in [4.78, 5) is 11.1. The van der Waals surface area contributed by atoms with Crippen molar-refractivity contribution < 1.29 is 9.90 Å². The van der Waals surface area contributed by atoms with Gasteiger partial charge in [-0.15, -0.1) is 0 Å². The van der Waals surface area contributed by atoms with Crippen molar-refractivity contribution in [3.05, 3.63) is 34.4 Å². The molecule has 1 aromatic rings. The number of hydrogen-bond acceptors (Lipinski definition) is 2. The number of carbonyl (C=O) groups is 1. The van der Waals surface area contributed by atoms with Gasteiger partial charge in [0.1, 0.15) is 0 Å². The Morgan fingerprint density at radius 3 is 2.61 bits per heavy atom. The van der Waals surface area contributed by atoms with Crippen LogP contribution < -0.4 is 5.32 Å². The maximum absolute atomic E-state index is 11.1. The summed E-state index contributed by atoms with van der Waals surface area (Å²) in [6, 6.07) is 3.62. The van der Waals surface area contributed by atoms with Crippen LogP contribution in [-0.4, -0.2) is 24.2 Å². The van der Waals surface area contributed by atoms with E-state index < -0.39 is 5.97 Å². The van der Waals surface area contributed by atoms with E-state index in [9.17, 15) is 4.79 Å². The molecule has 2 rings (SSSR count). The van der Waals surface area contributed by atoms with E-state index in [0.717, 1.165) is 25.1 Å². The number of nitrogens with one attached hydrogen (secondary N) is 1. The van der Waals surface area contributed by atoms with E-state index in [0.29, 0.717) is 11.5 Å². The predicted octanol–water partition coefficient (Wildman–Crippen LogP) is 2.54. The topological polar surface area (TPSA) is 49.3 Å². The minimum Gasteiger partial charge on any atom is -0.478 e. The van der Waals surface area contributed by atoms with E-state index in [2.05, 4.69) is 12.2 Å². The van der Waals surface area contributed by atoms with Gasteiger partial charge in [0.25, 0.3) is 0 Å². The predicted molar refractivity (Wildman–Crippen MR) is 72.2 cm³/mol. The molecule has 3 nitrogen and oxygen atoms in total. The summed E-state index contributed by atoms with van der Waals surface area (Å²) in [6.07, 6.45) is 3.39. The summed E-state index contributed by atoms with van der Waals surface area (Å²) in [5, 5.41) is 12.5. The van der Waals surface area contributed by atoms with Crippen molar-refractivity contribution in [2.75, 3.05) is 13.1 Å². The molecule has 98 valence electrons. The fraction of sp³-hybridized carbons (Fsp3) is 0.533. The molecular formula is C15H21NO2. The van der Waals surface area contributed by atoms with E-state index in [-0.39, 0.29) is 0 Å². The largest absolute Gasteiger partial charge is 0.478 e. The molecule has 0 atom stereocenters. The number of carboxylic acids is 1. The highest BCUT2D eigenvalue weighted by Crippen LogP contribution is 2.23. The van der Waals surface area contributed by atoms with Gasteiger partial charge in [0.05, 0.1) is 5.56 Å². The van der Waals surface area contributed by atoms with Crippen LogP contribution in [0, 0.1) is 19.8 Å². The third kappa shape index (κ3) is 2.91. The summed E-state index contributed by atoms with van der Waals surface area (Å²) < 4.78 is 0. The van der Waals surface area contributed by atoms with Gasteiger partial charge in [-0.2, -0.15) is 0 Å². The van der Waals surface area contributed by atoms with E-state index in [1.807, 2.05) is 13.0 Å². The smallest absolute Gasteiger partial charge is 0.335 e. The van der Waals surface area contributed by atoms with Gasteiger partial charge >= 0.3 is 5.97 Å². The van der Waals surface area contributed by atoms with Gasteiger partial charge in [-0.25, -0.2) is 4.79 Å². The molecule has 3 heteroatoms. The van der Waals surface area contributed by atoms with Gasteiger partial charge in [-0.05, 0) is 80.9 Å². The van der Waals surface area contributed by atoms with Gasteiger partial charge < -0.3 is 10.4 Å². The lowest BCUT2D eigenvalue weighted by atomic mass is 9.87. The highest BCUT2D eigenvalue weighted by Gasteiger charge is 2.16. The van der Waals surface area contributed by atoms with Crippen LogP contribution in [0.2, 0.25) is 0 Å². The third-order valence-electron chi connectivity index (χ3n) is 3.99. The average Bonchev–Trinajstić information content (AvgIpc) is 2.35. The van der Waals surface area contributed by atoms with Crippen LogP contribution in [0.3, 0.4) is 0 Å². The van der Waals surface area contributed by atoms with E-state index in [1.54, 1.807) is 6.07 Å². The number of piperidine rings is 1. The first-order valence-corrected chi connectivity index (χ1v) is 6.62. The van der Waals surface area contributed by atoms with Gasteiger partial charge in [0, 0.05) is 0 Å². The van der Waals surface area contributed by atoms with E-state index in [4.69, 9.17) is 5.11 Å². The van der Waals surface area contributed by atoms with Crippen LogP contribution in [0.25, 0.3) is 0 Å². The minimum absolute atomic E-state index is 0.419. The zero-order chi connectivity index (χ0) is 13.1. The Labute approximate surface area is 108 Å². The lowest BCUT2D eigenvalue weighted by molar-refractivity contribution is 0.0696. The number of aromatic carboxylic acids is 1. The Kier molecular flexibility index (Phi) is 4.02. The molecule has 0 aromatic heterocycles. The maximum Gasteiger partial charge on any atom is 0.335 e. The van der Waals surface area contributed by atoms with Crippen LogP contribution in [0.4, 0.5) is 0 Å². The van der Waals surface area contributed by atoms with Crippen molar-refractivity contribution >= 4 is 5.97 Å². The second-order valence-corrected chi connectivity index (χ2v) is 5.28. The molecule has 0 bridgehead atoms. The number of aryl methyl sites for hydroxylation is 1. The van der Waals surface area contributed by atoms with E-state index in [1.165, 1.54) is 24.0 Å². The normalized spacial score (nSPS) is 16.8. The molecule has 1 aliphatic heterocycles. The Morgan fingerprint density at radius 2 is 2.00 bits per heavy atom. The molecular weight excluding hydrogens is 226 g/mol. The van der Waals surface area contributed by atoms with Crippen molar-refractivity contribution in [2.24, 2.45) is 5.92 Å². The molecule has 0 spiro atoms. The summed E-state index contributed by atoms with van der Waals surface area (Å²) in [7, 11) is 0. The molecule has 1 fully saturated rings. The molecule has 0 aliphatic carbocycles. The molecule has 1 saturated heterocycles. The Hall–Kier alpha value is -1.35. The lowest BCUT2D eigenvalue weighted by Crippen LogP contribution is -2.28. The highest BCUT2D eigenvalue weighted by atomic mass is 16.4. The lowest BCUT2D eigenvalue weighted by Gasteiger charge is -2.23. The summed E-state index contributed by atoms with van der Waals surface area (Å²) in [5.74, 6) is -0.141. The van der Waals surface area contributed by atoms with Crippen LogP contribution >= 0.6 is 0 Å². The van der Waals surface area contributed by atoms with Crippen LogP contribution in [0.5, 0.6) is 0 Å². The van der Waals surface area contributed by atoms with Gasteiger partial charge in [-0.3, -0.25) is 0 Å².